The Kier molecular flexibility index (Phi) is 8.33. The maximum absolute atomic E-state index is 11.7. The number of hydrogen-bond donors (Lipinski definition) is 2. The molecule has 23 heavy (non-hydrogen) atoms. The Morgan fingerprint density at radius 3 is 2.22 bits per heavy atom. The van der Waals surface area contributed by atoms with E-state index in [1.54, 1.807) is 0 Å². The Labute approximate surface area is 139 Å². The normalized spacial score (nSPS) is 10.1. The van der Waals surface area contributed by atoms with Crippen LogP contribution in [0.25, 0.3) is 0 Å². The molecule has 0 atom stereocenters. The highest BCUT2D eigenvalue weighted by atomic mass is 35.5. The monoisotopic (exact) mass is 372 g/mol. The molecule has 2 heterocycles. The van der Waals surface area contributed by atoms with Gasteiger partial charge in [-0.1, -0.05) is 19.0 Å². The summed E-state index contributed by atoms with van der Waals surface area (Å²) in [5.41, 5.74) is 10.8. The third-order valence-corrected chi connectivity index (χ3v) is 2.30. The molecular weight excluding hydrogens is 360 g/mol. The Morgan fingerprint density at radius 1 is 1.09 bits per heavy atom. The minimum atomic E-state index is -4.39. The maximum atomic E-state index is 11.7. The molecule has 0 aromatic carbocycles. The van der Waals surface area contributed by atoms with Crippen molar-refractivity contribution >= 4 is 34.6 Å². The molecule has 0 aliphatic heterocycles. The van der Waals surface area contributed by atoms with Crippen LogP contribution in [0.3, 0.4) is 0 Å². The number of anilines is 2. The lowest BCUT2D eigenvalue weighted by molar-refractivity contribution is -0.153. The van der Waals surface area contributed by atoms with Crippen LogP contribution in [0.5, 0.6) is 5.88 Å². The molecule has 2 aromatic heterocycles. The van der Waals surface area contributed by atoms with Crippen molar-refractivity contribution in [2.75, 3.05) is 18.1 Å². The molecule has 4 N–H and O–H groups in total. The van der Waals surface area contributed by atoms with E-state index in [1.807, 2.05) is 0 Å². The van der Waals surface area contributed by atoms with Gasteiger partial charge in [0.05, 0.1) is 18.1 Å². The van der Waals surface area contributed by atoms with E-state index in [0.29, 0.717) is 5.69 Å². The molecule has 128 valence electrons. The first-order valence-corrected chi connectivity index (χ1v) is 6.13. The van der Waals surface area contributed by atoms with Gasteiger partial charge in [0.1, 0.15) is 12.0 Å². The van der Waals surface area contributed by atoms with E-state index >= 15 is 0 Å². The number of nitrogens with zero attached hydrogens (tertiary/aromatic N) is 4. The fourth-order valence-corrected chi connectivity index (χ4v) is 1.26. The summed E-state index contributed by atoms with van der Waals surface area (Å²) in [6, 6.07) is 0. The van der Waals surface area contributed by atoms with Gasteiger partial charge < -0.3 is 16.2 Å². The smallest absolute Gasteiger partial charge is 0.422 e. The van der Waals surface area contributed by atoms with Crippen LogP contribution >= 0.6 is 23.2 Å². The molecule has 0 bridgehead atoms. The van der Waals surface area contributed by atoms with Crippen LogP contribution < -0.4 is 16.2 Å². The van der Waals surface area contributed by atoms with Crippen molar-refractivity contribution in [1.82, 2.24) is 19.9 Å². The molecule has 0 radical (unpaired) electrons. The zero-order valence-corrected chi connectivity index (χ0v) is 12.2. The lowest BCUT2D eigenvalue weighted by Crippen LogP contribution is -2.20. The lowest BCUT2D eigenvalue weighted by Gasteiger charge is -2.08. The van der Waals surface area contributed by atoms with E-state index in [2.05, 4.69) is 24.7 Å². The molecule has 0 spiro atoms. The Balaban J connectivity index is 0.000000427. The minimum absolute atomic E-state index is 0. The largest absolute Gasteiger partial charge is 0.466 e. The Morgan fingerprint density at radius 2 is 1.74 bits per heavy atom. The zero-order chi connectivity index (χ0) is 16.8. The van der Waals surface area contributed by atoms with Crippen LogP contribution in [-0.2, 0) is 0 Å². The standard InChI is InChI=1S/C6H6F3N3O.C4H3Cl2N3.CH4/c7-6(8,9)2-13-5-4(10)1-11-3-12-5;5-3-2(7)1-8-4(6)9-3;/h1,3H,2,10H2;1H,7H2;1H4. The fourth-order valence-electron chi connectivity index (χ4n) is 0.950. The van der Waals surface area contributed by atoms with Crippen molar-refractivity contribution in [1.29, 1.82) is 0 Å². The van der Waals surface area contributed by atoms with Gasteiger partial charge in [-0.3, -0.25) is 0 Å². The number of aromatic nitrogens is 4. The number of halogens is 5. The summed E-state index contributed by atoms with van der Waals surface area (Å²) in [5, 5.41) is 0.296. The summed E-state index contributed by atoms with van der Waals surface area (Å²) in [4.78, 5) is 14.1. The third-order valence-electron chi connectivity index (χ3n) is 1.81. The summed E-state index contributed by atoms with van der Waals surface area (Å²) in [5.74, 6) is -0.257. The average molecular weight is 373 g/mol. The quantitative estimate of drug-likeness (QED) is 0.615. The zero-order valence-electron chi connectivity index (χ0n) is 10.7. The predicted molar refractivity (Wildman–Crippen MR) is 81.2 cm³/mol. The fraction of sp³-hybridized carbons (Fsp3) is 0.273. The van der Waals surface area contributed by atoms with Gasteiger partial charge in [0.15, 0.2) is 11.8 Å². The van der Waals surface area contributed by atoms with Crippen LogP contribution in [0.15, 0.2) is 18.7 Å². The molecule has 12 heteroatoms. The number of hydrogen-bond acceptors (Lipinski definition) is 7. The molecule has 2 rings (SSSR count). The third kappa shape index (κ3) is 8.21. The second-order valence-electron chi connectivity index (χ2n) is 3.57. The second-order valence-corrected chi connectivity index (χ2v) is 4.27. The first-order valence-electron chi connectivity index (χ1n) is 5.37. The van der Waals surface area contributed by atoms with Crippen molar-refractivity contribution in [3.8, 4) is 5.88 Å². The summed E-state index contributed by atoms with van der Waals surface area (Å²) in [6.07, 6.45) is -0.810. The van der Waals surface area contributed by atoms with Crippen LogP contribution in [0.4, 0.5) is 24.5 Å². The van der Waals surface area contributed by atoms with Gasteiger partial charge in [0, 0.05) is 0 Å². The van der Waals surface area contributed by atoms with Crippen molar-refractivity contribution in [2.24, 2.45) is 0 Å². The highest BCUT2D eigenvalue weighted by molar-refractivity contribution is 6.33. The molecule has 0 fully saturated rings. The van der Waals surface area contributed by atoms with Crippen molar-refractivity contribution in [2.45, 2.75) is 13.6 Å². The van der Waals surface area contributed by atoms with Crippen molar-refractivity contribution < 1.29 is 17.9 Å². The summed E-state index contributed by atoms with van der Waals surface area (Å²) in [7, 11) is 0. The summed E-state index contributed by atoms with van der Waals surface area (Å²) < 4.78 is 39.3. The van der Waals surface area contributed by atoms with E-state index in [-0.39, 0.29) is 29.4 Å². The van der Waals surface area contributed by atoms with E-state index in [9.17, 15) is 13.2 Å². The van der Waals surface area contributed by atoms with Gasteiger partial charge in [-0.25, -0.2) is 19.9 Å². The first kappa shape index (κ1) is 20.9. The Bertz CT molecular complexity index is 629. The van der Waals surface area contributed by atoms with Gasteiger partial charge in [-0.2, -0.15) is 13.2 Å². The van der Waals surface area contributed by atoms with E-state index in [1.165, 1.54) is 12.4 Å². The number of alkyl halides is 3. The molecule has 7 nitrogen and oxygen atoms in total. The van der Waals surface area contributed by atoms with E-state index < -0.39 is 12.8 Å². The van der Waals surface area contributed by atoms with Gasteiger partial charge in [-0.05, 0) is 11.6 Å². The summed E-state index contributed by atoms with van der Waals surface area (Å²) in [6.45, 7) is -1.41. The van der Waals surface area contributed by atoms with Crippen molar-refractivity contribution in [3.05, 3.63) is 29.2 Å². The molecule has 0 amide bonds. The van der Waals surface area contributed by atoms with E-state index in [4.69, 9.17) is 34.7 Å². The summed E-state index contributed by atoms with van der Waals surface area (Å²) >= 11 is 10.8. The highest BCUT2D eigenvalue weighted by Crippen LogP contribution is 2.20. The predicted octanol–water partition coefficient (Wildman–Crippen LogP) is 3.00. The van der Waals surface area contributed by atoms with Crippen LogP contribution in [0.1, 0.15) is 7.43 Å². The second kappa shape index (κ2) is 9.16. The molecule has 0 aliphatic rings. The molecule has 2 aromatic rings. The number of nitrogen functional groups attached to an aromatic ring is 2. The SMILES string of the molecule is C.Nc1cnc(Cl)nc1Cl.Nc1cncnc1OCC(F)(F)F. The number of nitrogens with two attached hydrogens (primary N) is 2. The van der Waals surface area contributed by atoms with E-state index in [0.717, 1.165) is 6.33 Å². The van der Waals surface area contributed by atoms with Gasteiger partial charge in [0.2, 0.25) is 11.2 Å². The average Bonchev–Trinajstić information content (AvgIpc) is 2.42. The lowest BCUT2D eigenvalue weighted by atomic mass is 10.5. The number of ether oxygens (including phenoxy) is 1. The maximum Gasteiger partial charge on any atom is 0.422 e. The molecule has 0 unspecified atom stereocenters. The van der Waals surface area contributed by atoms with Crippen LogP contribution in [-0.4, -0.2) is 32.7 Å². The van der Waals surface area contributed by atoms with Crippen molar-refractivity contribution in [3.63, 3.8) is 0 Å². The molecule has 0 saturated heterocycles. The topological polar surface area (TPSA) is 113 Å². The minimum Gasteiger partial charge on any atom is -0.466 e. The molecule has 0 aliphatic carbocycles. The molecule has 0 saturated carbocycles. The Hall–Kier alpha value is -2.07. The van der Waals surface area contributed by atoms with Gasteiger partial charge in [-0.15, -0.1) is 0 Å². The van der Waals surface area contributed by atoms with Gasteiger partial charge in [0.25, 0.3) is 0 Å². The van der Waals surface area contributed by atoms with Crippen LogP contribution in [0, 0.1) is 0 Å². The molecular formula is C11H13Cl2F3N6O. The first-order chi connectivity index (χ1) is 10.2. The highest BCUT2D eigenvalue weighted by Gasteiger charge is 2.28. The number of rotatable bonds is 2. The van der Waals surface area contributed by atoms with Crippen LogP contribution in [0.2, 0.25) is 10.4 Å². The van der Waals surface area contributed by atoms with Gasteiger partial charge >= 0.3 is 6.18 Å².